The van der Waals surface area contributed by atoms with Gasteiger partial charge in [0.25, 0.3) is 11.5 Å². The zero-order chi connectivity index (χ0) is 25.8. The number of H-pyrrole nitrogens is 1. The quantitative estimate of drug-likeness (QED) is 0.291. The number of nitrogens with one attached hydrogen (secondary N) is 3. The molecule has 3 N–H and O–H groups in total. The topological polar surface area (TPSA) is 113 Å². The van der Waals surface area contributed by atoms with Gasteiger partial charge in [-0.15, -0.1) is 0 Å². The summed E-state index contributed by atoms with van der Waals surface area (Å²) >= 11 is 0. The molecule has 8 nitrogen and oxygen atoms in total. The van der Waals surface area contributed by atoms with Gasteiger partial charge in [-0.2, -0.15) is 5.10 Å². The van der Waals surface area contributed by atoms with Crippen molar-refractivity contribution in [2.75, 3.05) is 10.6 Å². The average molecular weight is 489 g/mol. The molecular formula is C29H24N6O2. The molecule has 5 rings (SSSR count). The molecule has 2 aromatic heterocycles. The van der Waals surface area contributed by atoms with Gasteiger partial charge in [-0.05, 0) is 49.7 Å². The third kappa shape index (κ3) is 5.28. The smallest absolute Gasteiger partial charge is 0.277 e. The Hall–Kier alpha value is -5.11. The van der Waals surface area contributed by atoms with Gasteiger partial charge in [0.05, 0.1) is 5.69 Å². The standard InChI is InChI=1S/C29H24N6O2/c1-18-17-19(2)31-29(30-18)33-23-15-13-22(14-16-23)32-27(36)25-24(20-9-5-3-6-10-20)26(34-35-28(25)37)21-11-7-4-8-12-21/h3-17H,1-2H3,(H,32,36)(H,35,37)(H,30,31,33). The third-order valence-corrected chi connectivity index (χ3v) is 5.70. The van der Waals surface area contributed by atoms with Crippen molar-refractivity contribution in [3.05, 3.63) is 118 Å². The average Bonchev–Trinajstić information content (AvgIpc) is 2.90. The van der Waals surface area contributed by atoms with E-state index in [0.29, 0.717) is 22.9 Å². The fourth-order valence-electron chi connectivity index (χ4n) is 4.10. The van der Waals surface area contributed by atoms with Gasteiger partial charge in [-0.3, -0.25) is 9.59 Å². The van der Waals surface area contributed by atoms with Gasteiger partial charge >= 0.3 is 0 Å². The maximum Gasteiger partial charge on any atom is 0.277 e. The van der Waals surface area contributed by atoms with E-state index in [1.807, 2.05) is 80.6 Å². The molecule has 37 heavy (non-hydrogen) atoms. The Labute approximate surface area is 213 Å². The van der Waals surface area contributed by atoms with Crippen LogP contribution in [0.25, 0.3) is 22.4 Å². The van der Waals surface area contributed by atoms with Crippen molar-refractivity contribution in [1.29, 1.82) is 0 Å². The Morgan fingerprint density at radius 1 is 0.757 bits per heavy atom. The van der Waals surface area contributed by atoms with Crippen LogP contribution in [-0.4, -0.2) is 26.1 Å². The Kier molecular flexibility index (Phi) is 6.54. The molecule has 0 aliphatic rings. The van der Waals surface area contributed by atoms with Crippen LogP contribution in [0.2, 0.25) is 0 Å². The number of aromatic amines is 1. The molecule has 8 heteroatoms. The molecule has 0 aliphatic heterocycles. The summed E-state index contributed by atoms with van der Waals surface area (Å²) in [5.74, 6) is -0.0309. The largest absolute Gasteiger partial charge is 0.324 e. The minimum absolute atomic E-state index is 0.00843. The van der Waals surface area contributed by atoms with E-state index in [9.17, 15) is 9.59 Å². The first kappa shape index (κ1) is 23.6. The zero-order valence-electron chi connectivity index (χ0n) is 20.3. The van der Waals surface area contributed by atoms with E-state index in [4.69, 9.17) is 0 Å². The molecule has 0 radical (unpaired) electrons. The number of benzene rings is 3. The maximum absolute atomic E-state index is 13.5. The second kappa shape index (κ2) is 10.2. The van der Waals surface area contributed by atoms with E-state index >= 15 is 0 Å². The number of hydrogen-bond acceptors (Lipinski definition) is 6. The molecule has 0 fully saturated rings. The fraction of sp³-hybridized carbons (Fsp3) is 0.0690. The number of anilines is 3. The molecule has 0 unspecified atom stereocenters. The molecule has 3 aromatic carbocycles. The molecule has 182 valence electrons. The number of amides is 1. The summed E-state index contributed by atoms with van der Waals surface area (Å²) in [4.78, 5) is 35.2. The second-order valence-electron chi connectivity index (χ2n) is 8.51. The van der Waals surface area contributed by atoms with Gasteiger partial charge in [-0.25, -0.2) is 15.1 Å². The Balaban J connectivity index is 1.47. The Morgan fingerprint density at radius 3 is 1.95 bits per heavy atom. The van der Waals surface area contributed by atoms with Gasteiger partial charge < -0.3 is 10.6 Å². The summed E-state index contributed by atoms with van der Waals surface area (Å²) in [6, 6.07) is 27.8. The van der Waals surface area contributed by atoms with Crippen molar-refractivity contribution in [3.63, 3.8) is 0 Å². The van der Waals surface area contributed by atoms with Crippen molar-refractivity contribution >= 4 is 23.2 Å². The highest BCUT2D eigenvalue weighted by Crippen LogP contribution is 2.32. The van der Waals surface area contributed by atoms with Gasteiger partial charge in [0.15, 0.2) is 0 Å². The first-order valence-corrected chi connectivity index (χ1v) is 11.7. The maximum atomic E-state index is 13.5. The van der Waals surface area contributed by atoms with Crippen LogP contribution >= 0.6 is 0 Å². The first-order chi connectivity index (χ1) is 18.0. The van der Waals surface area contributed by atoms with Gasteiger partial charge in [0.2, 0.25) is 5.95 Å². The Morgan fingerprint density at radius 2 is 1.32 bits per heavy atom. The predicted octanol–water partition coefficient (Wildman–Crippen LogP) is 5.51. The molecule has 5 aromatic rings. The lowest BCUT2D eigenvalue weighted by Crippen LogP contribution is -2.26. The molecule has 0 saturated heterocycles. The molecular weight excluding hydrogens is 464 g/mol. The van der Waals surface area contributed by atoms with Crippen LogP contribution in [0, 0.1) is 13.8 Å². The number of carbonyl (C=O) groups excluding carboxylic acids is 1. The number of rotatable bonds is 6. The van der Waals surface area contributed by atoms with Gasteiger partial charge in [0.1, 0.15) is 5.56 Å². The summed E-state index contributed by atoms with van der Waals surface area (Å²) in [5.41, 5.74) is 4.95. The molecule has 0 bridgehead atoms. The number of hydrogen-bond donors (Lipinski definition) is 3. The summed E-state index contributed by atoms with van der Waals surface area (Å²) in [6.07, 6.45) is 0. The second-order valence-corrected chi connectivity index (χ2v) is 8.51. The normalized spacial score (nSPS) is 10.6. The van der Waals surface area contributed by atoms with E-state index < -0.39 is 11.5 Å². The minimum Gasteiger partial charge on any atom is -0.324 e. The van der Waals surface area contributed by atoms with E-state index in [1.54, 1.807) is 24.3 Å². The predicted molar refractivity (Wildman–Crippen MR) is 145 cm³/mol. The highest BCUT2D eigenvalue weighted by atomic mass is 16.2. The number of nitrogens with zero attached hydrogens (tertiary/aromatic N) is 3. The van der Waals surface area contributed by atoms with Crippen LogP contribution in [0.3, 0.4) is 0 Å². The van der Waals surface area contributed by atoms with Crippen LogP contribution in [0.4, 0.5) is 17.3 Å². The lowest BCUT2D eigenvalue weighted by molar-refractivity contribution is 0.102. The molecule has 2 heterocycles. The minimum atomic E-state index is -0.568. The number of carbonyl (C=O) groups is 1. The van der Waals surface area contributed by atoms with E-state index in [0.717, 1.165) is 28.2 Å². The summed E-state index contributed by atoms with van der Waals surface area (Å²) in [6.45, 7) is 3.82. The molecule has 0 spiro atoms. The van der Waals surface area contributed by atoms with Gasteiger partial charge in [-0.1, -0.05) is 60.7 Å². The van der Waals surface area contributed by atoms with Crippen molar-refractivity contribution in [3.8, 4) is 22.4 Å². The lowest BCUT2D eigenvalue weighted by atomic mass is 9.95. The van der Waals surface area contributed by atoms with Crippen molar-refractivity contribution in [1.82, 2.24) is 20.2 Å². The highest BCUT2D eigenvalue weighted by molar-refractivity contribution is 6.10. The summed E-state index contributed by atoms with van der Waals surface area (Å²) in [5, 5.41) is 12.8. The van der Waals surface area contributed by atoms with Crippen LogP contribution in [0.5, 0.6) is 0 Å². The zero-order valence-corrected chi connectivity index (χ0v) is 20.3. The van der Waals surface area contributed by atoms with Crippen LogP contribution < -0.4 is 16.2 Å². The highest BCUT2D eigenvalue weighted by Gasteiger charge is 2.23. The Bertz CT molecular complexity index is 1590. The lowest BCUT2D eigenvalue weighted by Gasteiger charge is -2.14. The van der Waals surface area contributed by atoms with Gasteiger partial charge in [0, 0.05) is 33.9 Å². The van der Waals surface area contributed by atoms with Crippen LogP contribution in [0.1, 0.15) is 21.7 Å². The fourth-order valence-corrected chi connectivity index (χ4v) is 4.10. The molecule has 0 atom stereocenters. The number of aryl methyl sites for hydroxylation is 2. The summed E-state index contributed by atoms with van der Waals surface area (Å²) < 4.78 is 0. The van der Waals surface area contributed by atoms with E-state index in [2.05, 4.69) is 30.8 Å². The van der Waals surface area contributed by atoms with Crippen molar-refractivity contribution in [2.45, 2.75) is 13.8 Å². The van der Waals surface area contributed by atoms with E-state index in [1.165, 1.54) is 0 Å². The molecule has 1 amide bonds. The molecule has 0 saturated carbocycles. The number of aromatic nitrogens is 4. The summed E-state index contributed by atoms with van der Waals surface area (Å²) in [7, 11) is 0. The third-order valence-electron chi connectivity index (χ3n) is 5.70. The SMILES string of the molecule is Cc1cc(C)nc(Nc2ccc(NC(=O)c3c(-c4ccccc4)c(-c4ccccc4)n[nH]c3=O)cc2)n1. The van der Waals surface area contributed by atoms with Crippen LogP contribution in [0.15, 0.2) is 95.8 Å². The van der Waals surface area contributed by atoms with Crippen LogP contribution in [-0.2, 0) is 0 Å². The molecule has 0 aliphatic carbocycles. The first-order valence-electron chi connectivity index (χ1n) is 11.7. The van der Waals surface area contributed by atoms with Crippen molar-refractivity contribution < 1.29 is 4.79 Å². The van der Waals surface area contributed by atoms with E-state index in [-0.39, 0.29) is 5.56 Å². The van der Waals surface area contributed by atoms with Crippen molar-refractivity contribution in [2.24, 2.45) is 0 Å². The monoisotopic (exact) mass is 488 g/mol.